The third kappa shape index (κ3) is 3.21. The van der Waals surface area contributed by atoms with E-state index in [4.69, 9.17) is 9.47 Å². The van der Waals surface area contributed by atoms with Crippen molar-refractivity contribution in [1.82, 2.24) is 24.1 Å². The van der Waals surface area contributed by atoms with Crippen LogP contribution in [0, 0.1) is 6.92 Å². The van der Waals surface area contributed by atoms with E-state index in [0.717, 1.165) is 16.3 Å². The average molecular weight is 428 g/mol. The second-order valence-corrected chi connectivity index (χ2v) is 8.19. The predicted molar refractivity (Wildman–Crippen MR) is 110 cm³/mol. The van der Waals surface area contributed by atoms with E-state index in [0.29, 0.717) is 28.2 Å². The van der Waals surface area contributed by atoms with Crippen molar-refractivity contribution >= 4 is 39.7 Å². The summed E-state index contributed by atoms with van der Waals surface area (Å²) in [5.41, 5.74) is 2.46. The second-order valence-electron chi connectivity index (χ2n) is 6.37. The number of aromatic nitrogens is 5. The molecule has 1 aliphatic heterocycles. The summed E-state index contributed by atoms with van der Waals surface area (Å²) in [6.45, 7) is 2.15. The Labute approximate surface area is 173 Å². The number of ether oxygens (including phenoxy) is 2. The number of carbonyl (C=O) groups is 1. The highest BCUT2D eigenvalue weighted by atomic mass is 32.2. The van der Waals surface area contributed by atoms with Crippen LogP contribution in [-0.2, 0) is 11.8 Å². The lowest BCUT2D eigenvalue weighted by Crippen LogP contribution is -2.14. The topological polar surface area (TPSA) is 95.6 Å². The Kier molecular flexibility index (Phi) is 4.40. The number of carbonyl (C=O) groups excluding carboxylic acids is 1. The molecule has 4 aromatic rings. The van der Waals surface area contributed by atoms with Gasteiger partial charge in [0.05, 0.1) is 11.4 Å². The Bertz CT molecular complexity index is 1230. The summed E-state index contributed by atoms with van der Waals surface area (Å²) in [5, 5.41) is 14.1. The molecule has 4 heterocycles. The normalized spacial score (nSPS) is 12.6. The molecule has 5 rings (SSSR count). The lowest BCUT2D eigenvalue weighted by atomic mass is 10.3. The summed E-state index contributed by atoms with van der Waals surface area (Å²) >= 11 is 2.90. The van der Waals surface area contributed by atoms with Crippen LogP contribution in [-0.4, -0.2) is 42.6 Å². The fourth-order valence-corrected chi connectivity index (χ4v) is 4.58. The van der Waals surface area contributed by atoms with Gasteiger partial charge in [0, 0.05) is 30.4 Å². The smallest absolute Gasteiger partial charge is 0.234 e. The van der Waals surface area contributed by atoms with Crippen LogP contribution < -0.4 is 14.8 Å². The number of thiazole rings is 1. The van der Waals surface area contributed by atoms with Gasteiger partial charge < -0.3 is 19.4 Å². The maximum absolute atomic E-state index is 12.4. The van der Waals surface area contributed by atoms with Crippen LogP contribution >= 0.6 is 23.1 Å². The van der Waals surface area contributed by atoms with Gasteiger partial charge in [0.2, 0.25) is 12.7 Å². The van der Waals surface area contributed by atoms with Crippen molar-refractivity contribution in [1.29, 1.82) is 0 Å². The standard InChI is InChI=1S/C18H16N6O3S2/c1-10-15(24-5-6-28-17(24)19-10)16-21-22-18(23(16)2)29-8-14(25)20-11-3-4-12-13(7-11)27-9-26-12/h3-7H,8-9H2,1-2H3,(H,20,25). The number of hydrogen-bond acceptors (Lipinski definition) is 8. The van der Waals surface area contributed by atoms with E-state index in [2.05, 4.69) is 20.5 Å². The van der Waals surface area contributed by atoms with Crippen molar-refractivity contribution in [2.45, 2.75) is 12.1 Å². The number of rotatable bonds is 5. The van der Waals surface area contributed by atoms with E-state index in [9.17, 15) is 4.79 Å². The Balaban J connectivity index is 1.29. The van der Waals surface area contributed by atoms with Crippen LogP contribution in [0.5, 0.6) is 11.5 Å². The second kappa shape index (κ2) is 7.08. The van der Waals surface area contributed by atoms with E-state index in [1.165, 1.54) is 11.8 Å². The SMILES string of the molecule is Cc1nc2sccn2c1-c1nnc(SCC(=O)Nc2ccc3c(c2)OCO3)n1C. The molecule has 1 amide bonds. The summed E-state index contributed by atoms with van der Waals surface area (Å²) < 4.78 is 14.5. The number of amides is 1. The molecule has 0 saturated heterocycles. The highest BCUT2D eigenvalue weighted by Crippen LogP contribution is 2.34. The fourth-order valence-electron chi connectivity index (χ4n) is 3.11. The number of aryl methyl sites for hydroxylation is 1. The first-order chi connectivity index (χ1) is 14.1. The molecule has 1 aliphatic rings. The summed E-state index contributed by atoms with van der Waals surface area (Å²) in [5.74, 6) is 2.09. The van der Waals surface area contributed by atoms with Crippen LogP contribution in [0.4, 0.5) is 5.69 Å². The number of nitrogens with zero attached hydrogens (tertiary/aromatic N) is 5. The summed E-state index contributed by atoms with van der Waals surface area (Å²) in [7, 11) is 1.89. The monoisotopic (exact) mass is 428 g/mol. The van der Waals surface area contributed by atoms with Crippen LogP contribution in [0.1, 0.15) is 5.69 Å². The van der Waals surface area contributed by atoms with E-state index >= 15 is 0 Å². The lowest BCUT2D eigenvalue weighted by molar-refractivity contribution is -0.113. The lowest BCUT2D eigenvalue weighted by Gasteiger charge is -2.06. The van der Waals surface area contributed by atoms with Gasteiger partial charge in [-0.3, -0.25) is 9.20 Å². The molecule has 29 heavy (non-hydrogen) atoms. The number of anilines is 1. The zero-order chi connectivity index (χ0) is 20.0. The number of thioether (sulfide) groups is 1. The van der Waals surface area contributed by atoms with Gasteiger partial charge in [0.1, 0.15) is 5.69 Å². The van der Waals surface area contributed by atoms with Gasteiger partial charge in [0.15, 0.2) is 27.4 Å². The minimum atomic E-state index is -0.140. The molecule has 0 unspecified atom stereocenters. The van der Waals surface area contributed by atoms with Crippen LogP contribution in [0.2, 0.25) is 0 Å². The van der Waals surface area contributed by atoms with Gasteiger partial charge in [-0.1, -0.05) is 11.8 Å². The third-order valence-corrected chi connectivity index (χ3v) is 6.25. The Morgan fingerprint density at radius 2 is 2.17 bits per heavy atom. The molecule has 0 aliphatic carbocycles. The molecule has 9 nitrogen and oxygen atoms in total. The molecular formula is C18H16N6O3S2. The van der Waals surface area contributed by atoms with Crippen LogP contribution in [0.25, 0.3) is 16.5 Å². The molecule has 148 valence electrons. The third-order valence-electron chi connectivity index (χ3n) is 4.47. The maximum Gasteiger partial charge on any atom is 0.234 e. The molecule has 1 N–H and O–H groups in total. The first-order valence-corrected chi connectivity index (χ1v) is 10.6. The maximum atomic E-state index is 12.4. The van der Waals surface area contributed by atoms with Gasteiger partial charge in [-0.15, -0.1) is 21.5 Å². The minimum Gasteiger partial charge on any atom is -0.454 e. The highest BCUT2D eigenvalue weighted by molar-refractivity contribution is 7.99. The first-order valence-electron chi connectivity index (χ1n) is 8.74. The molecule has 0 bridgehead atoms. The summed E-state index contributed by atoms with van der Waals surface area (Å²) in [6, 6.07) is 5.31. The molecular weight excluding hydrogens is 412 g/mol. The van der Waals surface area contributed by atoms with Gasteiger partial charge in [-0.2, -0.15) is 0 Å². The Morgan fingerprint density at radius 3 is 3.07 bits per heavy atom. The fraction of sp³-hybridized carbons (Fsp3) is 0.222. The summed E-state index contributed by atoms with van der Waals surface area (Å²) in [4.78, 5) is 17.8. The number of nitrogens with one attached hydrogen (secondary N) is 1. The molecule has 0 radical (unpaired) electrons. The van der Waals surface area contributed by atoms with E-state index in [1.807, 2.05) is 34.5 Å². The van der Waals surface area contributed by atoms with Gasteiger partial charge in [-0.05, 0) is 19.1 Å². The van der Waals surface area contributed by atoms with E-state index < -0.39 is 0 Å². The van der Waals surface area contributed by atoms with Crippen molar-refractivity contribution in [3.05, 3.63) is 35.5 Å². The van der Waals surface area contributed by atoms with E-state index in [-0.39, 0.29) is 18.5 Å². The molecule has 11 heteroatoms. The predicted octanol–water partition coefficient (Wildman–Crippen LogP) is 2.96. The van der Waals surface area contributed by atoms with Crippen LogP contribution in [0.15, 0.2) is 34.9 Å². The largest absolute Gasteiger partial charge is 0.454 e. The minimum absolute atomic E-state index is 0.140. The Morgan fingerprint density at radius 1 is 1.31 bits per heavy atom. The zero-order valence-corrected chi connectivity index (χ0v) is 17.2. The molecule has 3 aromatic heterocycles. The quantitative estimate of drug-likeness (QED) is 0.488. The van der Waals surface area contributed by atoms with Gasteiger partial charge in [-0.25, -0.2) is 4.98 Å². The molecule has 0 saturated carbocycles. The van der Waals surface area contributed by atoms with Crippen molar-refractivity contribution in [2.75, 3.05) is 17.9 Å². The van der Waals surface area contributed by atoms with E-state index in [1.54, 1.807) is 29.5 Å². The zero-order valence-electron chi connectivity index (χ0n) is 15.6. The van der Waals surface area contributed by atoms with Crippen molar-refractivity contribution in [3.8, 4) is 23.0 Å². The molecule has 1 aromatic carbocycles. The van der Waals surface area contributed by atoms with Crippen molar-refractivity contribution in [2.24, 2.45) is 7.05 Å². The highest BCUT2D eigenvalue weighted by Gasteiger charge is 2.20. The number of benzene rings is 1. The first kappa shape index (κ1) is 18.0. The van der Waals surface area contributed by atoms with Crippen molar-refractivity contribution in [3.63, 3.8) is 0 Å². The van der Waals surface area contributed by atoms with Gasteiger partial charge in [0.25, 0.3) is 0 Å². The number of imidazole rings is 1. The average Bonchev–Trinajstić information content (AvgIpc) is 3.45. The molecule has 0 spiro atoms. The van der Waals surface area contributed by atoms with Gasteiger partial charge >= 0.3 is 0 Å². The van der Waals surface area contributed by atoms with Crippen molar-refractivity contribution < 1.29 is 14.3 Å². The number of fused-ring (bicyclic) bond motifs is 2. The number of hydrogen-bond donors (Lipinski definition) is 1. The summed E-state index contributed by atoms with van der Waals surface area (Å²) in [6.07, 6.45) is 1.97. The molecule has 0 fully saturated rings. The molecule has 0 atom stereocenters. The van der Waals surface area contributed by atoms with Crippen LogP contribution in [0.3, 0.4) is 0 Å². The Hall–Kier alpha value is -3.05.